The molecule has 0 radical (unpaired) electrons. The molecule has 6 heteroatoms. The number of phenolic OH excluding ortho intramolecular Hbond substituents is 1. The van der Waals surface area contributed by atoms with Gasteiger partial charge in [-0.2, -0.15) is 0 Å². The van der Waals surface area contributed by atoms with E-state index in [1.54, 1.807) is 0 Å². The molecule has 5 N–H and O–H groups in total. The van der Waals surface area contributed by atoms with Crippen LogP contribution in [0.4, 0.5) is 0 Å². The number of hydrogen-bond acceptors (Lipinski definition) is 4. The summed E-state index contributed by atoms with van der Waals surface area (Å²) in [7, 11) is 0. The van der Waals surface area contributed by atoms with Crippen molar-refractivity contribution in [3.05, 3.63) is 35.4 Å². The summed E-state index contributed by atoms with van der Waals surface area (Å²) in [4.78, 5) is 23.3. The molecule has 0 unspecified atom stereocenters. The minimum absolute atomic E-state index is 0.00762. The maximum atomic E-state index is 12.2. The molecule has 0 aliphatic heterocycles. The van der Waals surface area contributed by atoms with Gasteiger partial charge in [-0.25, -0.2) is 0 Å². The second-order valence-electron chi connectivity index (χ2n) is 5.25. The fourth-order valence-corrected chi connectivity index (χ4v) is 2.39. The molecule has 112 valence electrons. The molecule has 1 aromatic carbocycles. The Morgan fingerprint density at radius 1 is 1.14 bits per heavy atom. The molecule has 0 saturated heterocycles. The Balaban J connectivity index is 2.17. The van der Waals surface area contributed by atoms with Crippen molar-refractivity contribution in [3.63, 3.8) is 0 Å². The zero-order valence-electron chi connectivity index (χ0n) is 11.6. The van der Waals surface area contributed by atoms with Crippen molar-refractivity contribution in [2.45, 2.75) is 31.7 Å². The number of carbonyl (C=O) groups excluding carboxylic acids is 2. The van der Waals surface area contributed by atoms with Gasteiger partial charge in [-0.15, -0.1) is 0 Å². The SMILES string of the molecule is C=C1CCC(NC(=O)c2cc(C(N)=O)c(O)cc2O)CC1. The molecule has 0 spiro atoms. The Bertz CT molecular complexity index is 600. The molecule has 0 aromatic heterocycles. The normalized spacial score (nSPS) is 15.7. The van der Waals surface area contributed by atoms with E-state index in [1.807, 2.05) is 0 Å². The number of hydrogen-bond donors (Lipinski definition) is 4. The van der Waals surface area contributed by atoms with Gasteiger partial charge in [0.2, 0.25) is 0 Å². The third-order valence-corrected chi connectivity index (χ3v) is 3.65. The molecule has 0 bridgehead atoms. The minimum Gasteiger partial charge on any atom is -0.507 e. The first kappa shape index (κ1) is 14.9. The molecule has 1 aliphatic carbocycles. The van der Waals surface area contributed by atoms with Crippen LogP contribution in [0.5, 0.6) is 11.5 Å². The van der Waals surface area contributed by atoms with Gasteiger partial charge in [0.05, 0.1) is 11.1 Å². The lowest BCUT2D eigenvalue weighted by Gasteiger charge is -2.24. The predicted molar refractivity (Wildman–Crippen MR) is 77.2 cm³/mol. The number of allylic oxidation sites excluding steroid dienone is 1. The fourth-order valence-electron chi connectivity index (χ4n) is 2.39. The summed E-state index contributed by atoms with van der Waals surface area (Å²) in [6.07, 6.45) is 3.32. The Labute approximate surface area is 122 Å². The summed E-state index contributed by atoms with van der Waals surface area (Å²) < 4.78 is 0. The lowest BCUT2D eigenvalue weighted by Crippen LogP contribution is -2.36. The number of nitrogens with one attached hydrogen (secondary N) is 1. The fraction of sp³-hybridized carbons (Fsp3) is 0.333. The maximum Gasteiger partial charge on any atom is 0.255 e. The standard InChI is InChI=1S/C15H18N2O4/c1-8-2-4-9(5-3-8)17-15(21)11-6-10(14(16)20)12(18)7-13(11)19/h6-7,9,18-19H,1-5H2,(H2,16,20)(H,17,21). The number of carbonyl (C=O) groups is 2. The van der Waals surface area contributed by atoms with E-state index in [1.165, 1.54) is 5.57 Å². The maximum absolute atomic E-state index is 12.2. The molecule has 1 fully saturated rings. The van der Waals surface area contributed by atoms with E-state index < -0.39 is 23.3 Å². The van der Waals surface area contributed by atoms with Crippen LogP contribution in [0.1, 0.15) is 46.4 Å². The van der Waals surface area contributed by atoms with Gasteiger partial charge in [0.1, 0.15) is 11.5 Å². The van der Waals surface area contributed by atoms with Gasteiger partial charge in [-0.05, 0) is 31.7 Å². The van der Waals surface area contributed by atoms with Crippen molar-refractivity contribution in [2.24, 2.45) is 5.73 Å². The highest BCUT2D eigenvalue weighted by atomic mass is 16.3. The first-order valence-corrected chi connectivity index (χ1v) is 6.71. The number of nitrogens with two attached hydrogens (primary N) is 1. The van der Waals surface area contributed by atoms with E-state index >= 15 is 0 Å². The van der Waals surface area contributed by atoms with Crippen LogP contribution in [0.2, 0.25) is 0 Å². The highest BCUT2D eigenvalue weighted by molar-refractivity contribution is 6.02. The molecule has 21 heavy (non-hydrogen) atoms. The van der Waals surface area contributed by atoms with Gasteiger partial charge >= 0.3 is 0 Å². The third kappa shape index (κ3) is 3.34. The van der Waals surface area contributed by atoms with E-state index in [0.29, 0.717) is 0 Å². The number of benzene rings is 1. The van der Waals surface area contributed by atoms with Crippen LogP contribution >= 0.6 is 0 Å². The number of amides is 2. The molecule has 1 aliphatic rings. The average Bonchev–Trinajstić information content (AvgIpc) is 2.40. The van der Waals surface area contributed by atoms with Gasteiger partial charge in [0.15, 0.2) is 0 Å². The Morgan fingerprint density at radius 3 is 2.29 bits per heavy atom. The van der Waals surface area contributed by atoms with Crippen LogP contribution in [0.25, 0.3) is 0 Å². The highest BCUT2D eigenvalue weighted by Gasteiger charge is 2.22. The van der Waals surface area contributed by atoms with E-state index in [9.17, 15) is 19.8 Å². The minimum atomic E-state index is -0.865. The van der Waals surface area contributed by atoms with Crippen LogP contribution < -0.4 is 11.1 Å². The average molecular weight is 290 g/mol. The molecule has 1 saturated carbocycles. The Hall–Kier alpha value is -2.50. The largest absolute Gasteiger partial charge is 0.507 e. The highest BCUT2D eigenvalue weighted by Crippen LogP contribution is 2.28. The van der Waals surface area contributed by atoms with Crippen molar-refractivity contribution < 1.29 is 19.8 Å². The van der Waals surface area contributed by atoms with Crippen LogP contribution in [-0.4, -0.2) is 28.1 Å². The zero-order valence-corrected chi connectivity index (χ0v) is 11.6. The van der Waals surface area contributed by atoms with Gasteiger partial charge in [0.25, 0.3) is 11.8 Å². The second kappa shape index (κ2) is 5.87. The molecule has 0 heterocycles. The summed E-state index contributed by atoms with van der Waals surface area (Å²) in [5.74, 6) is -2.20. The van der Waals surface area contributed by atoms with E-state index in [4.69, 9.17) is 5.73 Å². The molecule has 0 atom stereocenters. The van der Waals surface area contributed by atoms with Crippen LogP contribution in [0.3, 0.4) is 0 Å². The second-order valence-corrected chi connectivity index (χ2v) is 5.25. The number of primary amides is 1. The van der Waals surface area contributed by atoms with Crippen molar-refractivity contribution in [1.82, 2.24) is 5.32 Å². The molecular weight excluding hydrogens is 272 g/mol. The van der Waals surface area contributed by atoms with Gasteiger partial charge in [-0.1, -0.05) is 12.2 Å². The predicted octanol–water partition coefficient (Wildman–Crippen LogP) is 1.43. The summed E-state index contributed by atoms with van der Waals surface area (Å²) in [5, 5.41) is 22.1. The van der Waals surface area contributed by atoms with Gasteiger partial charge in [0, 0.05) is 12.1 Å². The molecular formula is C15H18N2O4. The Kier molecular flexibility index (Phi) is 4.16. The number of rotatable bonds is 3. The number of phenols is 2. The quantitative estimate of drug-likeness (QED) is 0.631. The molecule has 2 rings (SSSR count). The molecule has 6 nitrogen and oxygen atoms in total. The van der Waals surface area contributed by atoms with Crippen LogP contribution in [-0.2, 0) is 0 Å². The van der Waals surface area contributed by atoms with Crippen LogP contribution in [0, 0.1) is 0 Å². The zero-order chi connectivity index (χ0) is 15.6. The topological polar surface area (TPSA) is 113 Å². The number of aromatic hydroxyl groups is 2. The smallest absolute Gasteiger partial charge is 0.255 e. The lowest BCUT2D eigenvalue weighted by molar-refractivity contribution is 0.0928. The first-order chi connectivity index (χ1) is 9.88. The summed E-state index contributed by atoms with van der Waals surface area (Å²) in [5.41, 5.74) is 6.00. The van der Waals surface area contributed by atoms with Crippen molar-refractivity contribution in [3.8, 4) is 11.5 Å². The van der Waals surface area contributed by atoms with Gasteiger partial charge in [-0.3, -0.25) is 9.59 Å². The molecule has 2 amide bonds. The monoisotopic (exact) mass is 290 g/mol. The van der Waals surface area contributed by atoms with E-state index in [2.05, 4.69) is 11.9 Å². The van der Waals surface area contributed by atoms with E-state index in [0.717, 1.165) is 37.8 Å². The van der Waals surface area contributed by atoms with Crippen molar-refractivity contribution in [2.75, 3.05) is 0 Å². The first-order valence-electron chi connectivity index (χ1n) is 6.71. The Morgan fingerprint density at radius 2 is 1.71 bits per heavy atom. The summed E-state index contributed by atoms with van der Waals surface area (Å²) >= 11 is 0. The van der Waals surface area contributed by atoms with E-state index in [-0.39, 0.29) is 17.2 Å². The molecule has 1 aromatic rings. The van der Waals surface area contributed by atoms with Crippen molar-refractivity contribution in [1.29, 1.82) is 0 Å². The van der Waals surface area contributed by atoms with Gasteiger partial charge < -0.3 is 21.3 Å². The lowest BCUT2D eigenvalue weighted by atomic mass is 9.91. The summed E-state index contributed by atoms with van der Waals surface area (Å²) in [6, 6.07) is 2.05. The van der Waals surface area contributed by atoms with Crippen molar-refractivity contribution >= 4 is 11.8 Å². The third-order valence-electron chi connectivity index (χ3n) is 3.65. The summed E-state index contributed by atoms with van der Waals surface area (Å²) in [6.45, 7) is 3.91. The van der Waals surface area contributed by atoms with Crippen LogP contribution in [0.15, 0.2) is 24.3 Å².